The van der Waals surface area contributed by atoms with Gasteiger partial charge in [-0.05, 0) is 210 Å². The molecule has 0 bridgehead atoms. The summed E-state index contributed by atoms with van der Waals surface area (Å²) >= 11 is 0. The van der Waals surface area contributed by atoms with Crippen molar-refractivity contribution in [3.63, 3.8) is 0 Å². The number of anilines is 6. The second kappa shape index (κ2) is 20.8. The average Bonchev–Trinajstić information content (AvgIpc) is 1.53. The quantitative estimate of drug-likeness (QED) is 0.163. The minimum absolute atomic E-state index is 0.346. The van der Waals surface area contributed by atoms with E-state index in [-0.39, 0.29) is 6.71 Å². The molecule has 2 aliphatic heterocycles. The second-order valence-corrected chi connectivity index (χ2v) is 31.0. The van der Waals surface area contributed by atoms with Crippen molar-refractivity contribution in [3.05, 3.63) is 443 Å². The molecule has 4 heteroatoms. The van der Waals surface area contributed by atoms with Crippen LogP contribution in [0.25, 0.3) is 105 Å². The smallest absolute Gasteiger partial charge is 0.252 e. The second-order valence-electron chi connectivity index (χ2n) is 31.0. The number of fused-ring (bicyclic) bond motifs is 38. The van der Waals surface area contributed by atoms with Crippen LogP contribution in [0.1, 0.15) is 66.8 Å². The molecule has 18 aromatic rings. The monoisotopic (exact) mass is 1380 g/mol. The Balaban J connectivity index is 0.867. The number of nitrogens with zero attached hydrogens (tertiary/aromatic N) is 3. The van der Waals surface area contributed by atoms with Gasteiger partial charge in [-0.1, -0.05) is 322 Å². The van der Waals surface area contributed by atoms with E-state index in [1.165, 1.54) is 183 Å². The van der Waals surface area contributed by atoms with E-state index in [9.17, 15) is 0 Å². The first-order valence-electron chi connectivity index (χ1n) is 38.4. The lowest BCUT2D eigenvalue weighted by Gasteiger charge is -2.47. The molecular formula is C105H62BN3. The SMILES string of the molecule is c1ccc(-c2ccc(N3c4cc5c(cc4B4c6c3cc(-n3c7ccccc7c7ccccc73)cc6N(c3cccc6c3-c3ccccc3C63c6ccccc6-c6ccccc63)c3ccc6c(c34)C3(c4ccccc4-c4ccccc43)c3ccccc3-6)C3(c4ccccc4-c4ccccc43)c3ccccc3-5)cc2)cc1. The lowest BCUT2D eigenvalue weighted by molar-refractivity contribution is 0.793. The topological polar surface area (TPSA) is 11.4 Å². The van der Waals surface area contributed by atoms with Crippen LogP contribution in [0, 0.1) is 0 Å². The molecule has 26 rings (SSSR count). The summed E-state index contributed by atoms with van der Waals surface area (Å²) in [4.78, 5) is 5.49. The van der Waals surface area contributed by atoms with E-state index >= 15 is 0 Å². The van der Waals surface area contributed by atoms with E-state index < -0.39 is 16.2 Å². The van der Waals surface area contributed by atoms with E-state index in [0.29, 0.717) is 0 Å². The van der Waals surface area contributed by atoms with Crippen molar-refractivity contribution in [1.82, 2.24) is 4.57 Å². The number of rotatable bonds is 4. The first-order chi connectivity index (χ1) is 54.1. The van der Waals surface area contributed by atoms with E-state index in [0.717, 1.165) is 39.5 Å². The molecular weight excluding hydrogens is 1310 g/mol. The van der Waals surface area contributed by atoms with Gasteiger partial charge in [-0.2, -0.15) is 0 Å². The first-order valence-corrected chi connectivity index (χ1v) is 38.4. The van der Waals surface area contributed by atoms with E-state index in [4.69, 9.17) is 0 Å². The molecule has 1 aromatic heterocycles. The van der Waals surface area contributed by atoms with Crippen molar-refractivity contribution < 1.29 is 0 Å². The Bertz CT molecular complexity index is 6950. The number of hydrogen-bond acceptors (Lipinski definition) is 2. The van der Waals surface area contributed by atoms with Gasteiger partial charge in [-0.3, -0.25) is 0 Å². The van der Waals surface area contributed by atoms with Crippen molar-refractivity contribution in [2.75, 3.05) is 9.80 Å². The normalized spacial score (nSPS) is 15.0. The summed E-state index contributed by atoms with van der Waals surface area (Å²) in [6, 6.07) is 146. The Morgan fingerprint density at radius 3 is 1.12 bits per heavy atom. The van der Waals surface area contributed by atoms with Gasteiger partial charge in [0.05, 0.1) is 38.7 Å². The lowest BCUT2D eigenvalue weighted by Crippen LogP contribution is -2.63. The summed E-state index contributed by atoms with van der Waals surface area (Å²) in [5.74, 6) is 0. The maximum Gasteiger partial charge on any atom is 0.252 e. The number of aromatic nitrogens is 1. The molecule has 0 radical (unpaired) electrons. The zero-order valence-electron chi connectivity index (χ0n) is 59.2. The minimum Gasteiger partial charge on any atom is -0.311 e. The van der Waals surface area contributed by atoms with Crippen molar-refractivity contribution in [3.8, 4) is 83.6 Å². The Morgan fingerprint density at radius 2 is 0.606 bits per heavy atom. The summed E-state index contributed by atoms with van der Waals surface area (Å²) in [7, 11) is 0. The average molecular weight is 1380 g/mol. The maximum absolute atomic E-state index is 2.79. The predicted octanol–water partition coefficient (Wildman–Crippen LogP) is 23.6. The first kappa shape index (κ1) is 58.5. The highest BCUT2D eigenvalue weighted by atomic mass is 15.2. The van der Waals surface area contributed by atoms with Crippen LogP contribution >= 0.6 is 0 Å². The van der Waals surface area contributed by atoms with Gasteiger partial charge in [0.15, 0.2) is 0 Å². The molecule has 0 saturated heterocycles. The molecule has 0 fully saturated rings. The van der Waals surface area contributed by atoms with Crippen molar-refractivity contribution in [2.45, 2.75) is 16.2 Å². The fourth-order valence-corrected chi connectivity index (χ4v) is 22.9. The molecule has 0 atom stereocenters. The van der Waals surface area contributed by atoms with Crippen LogP contribution in [0.2, 0.25) is 0 Å². The third-order valence-electron chi connectivity index (χ3n) is 26.6. The number of benzene rings is 17. The standard InChI is InChI=1S/C105H62BN3/c1-2-27-63(28-3-1)64-53-55-65(56-54-64)107-96-61-79-74-36-11-19-44-84(74)104(82-42-17-6-31-69(82)70-32-7-18-43-83(70)104)90(79)62-91(96)106-101-97(107)59-66(108-92-50-24-13-37-75(92)76-38-14-25-51-93(76)108)60-98(101)109(94-52-26-49-89-99(94)78-39-12-23-48-88(78)103(89)80-40-15-4-29-67(80)68-30-5-16-41-81(68)103)95-58-57-77-73-35-10-22-47-87(73)105(100(77)102(95)106)85-45-20-8-33-71(85)72-34-9-21-46-86(72)105/h1-62H. The fourth-order valence-electron chi connectivity index (χ4n) is 22.9. The molecule has 3 spiro atoms. The molecule has 109 heavy (non-hydrogen) atoms. The predicted molar refractivity (Wildman–Crippen MR) is 449 cm³/mol. The Morgan fingerprint density at radius 1 is 0.211 bits per heavy atom. The molecule has 0 unspecified atom stereocenters. The van der Waals surface area contributed by atoms with Crippen molar-refractivity contribution >= 4 is 79.0 Å². The van der Waals surface area contributed by atoms with Crippen LogP contribution in [-0.2, 0) is 16.2 Å². The largest absolute Gasteiger partial charge is 0.311 e. The number of para-hydroxylation sites is 2. The minimum atomic E-state index is -0.731. The number of hydrogen-bond donors (Lipinski definition) is 0. The summed E-state index contributed by atoms with van der Waals surface area (Å²) in [5.41, 5.74) is 45.8. The van der Waals surface area contributed by atoms with Crippen molar-refractivity contribution in [2.24, 2.45) is 0 Å². The Kier molecular flexibility index (Phi) is 11.2. The lowest BCUT2D eigenvalue weighted by atomic mass is 9.31. The maximum atomic E-state index is 2.79. The van der Waals surface area contributed by atoms with Gasteiger partial charge in [0, 0.05) is 44.8 Å². The van der Waals surface area contributed by atoms with Gasteiger partial charge in [-0.25, -0.2) is 0 Å². The highest BCUT2D eigenvalue weighted by Gasteiger charge is 2.60. The van der Waals surface area contributed by atoms with Gasteiger partial charge >= 0.3 is 0 Å². The van der Waals surface area contributed by atoms with Crippen molar-refractivity contribution in [1.29, 1.82) is 0 Å². The molecule has 8 aliphatic rings. The molecule has 6 aliphatic carbocycles. The highest BCUT2D eigenvalue weighted by molar-refractivity contribution is 7.01. The van der Waals surface area contributed by atoms with Gasteiger partial charge in [0.2, 0.25) is 0 Å². The van der Waals surface area contributed by atoms with Gasteiger partial charge < -0.3 is 14.4 Å². The van der Waals surface area contributed by atoms with Crippen LogP contribution in [-0.4, -0.2) is 11.3 Å². The molecule has 0 saturated carbocycles. The summed E-state index contributed by atoms with van der Waals surface area (Å²) in [6.07, 6.45) is 0. The van der Waals surface area contributed by atoms with E-state index in [2.05, 4.69) is 390 Å². The zero-order valence-corrected chi connectivity index (χ0v) is 59.2. The zero-order chi connectivity index (χ0) is 70.7. The third-order valence-corrected chi connectivity index (χ3v) is 26.6. The van der Waals surface area contributed by atoms with Crippen LogP contribution in [0.5, 0.6) is 0 Å². The van der Waals surface area contributed by atoms with Crippen LogP contribution < -0.4 is 26.2 Å². The van der Waals surface area contributed by atoms with Gasteiger partial charge in [0.1, 0.15) is 0 Å². The molecule has 3 nitrogen and oxygen atoms in total. The molecule has 0 amide bonds. The van der Waals surface area contributed by atoms with Crippen LogP contribution in [0.15, 0.2) is 376 Å². The summed E-state index contributed by atoms with van der Waals surface area (Å²) < 4.78 is 2.57. The Labute approximate surface area is 631 Å². The van der Waals surface area contributed by atoms with Crippen LogP contribution in [0.3, 0.4) is 0 Å². The third kappa shape index (κ3) is 6.92. The fraction of sp³-hybridized carbons (Fsp3) is 0.0286. The molecule has 3 heterocycles. The molecule has 500 valence electrons. The van der Waals surface area contributed by atoms with Gasteiger partial charge in [-0.15, -0.1) is 0 Å². The van der Waals surface area contributed by atoms with Crippen LogP contribution in [0.4, 0.5) is 34.1 Å². The van der Waals surface area contributed by atoms with Gasteiger partial charge in [0.25, 0.3) is 6.71 Å². The Hall–Kier alpha value is -13.8. The highest BCUT2D eigenvalue weighted by Crippen LogP contribution is 2.69. The summed E-state index contributed by atoms with van der Waals surface area (Å²) in [6.45, 7) is -0.346. The summed E-state index contributed by atoms with van der Waals surface area (Å²) in [5, 5.41) is 2.44. The van der Waals surface area contributed by atoms with E-state index in [1.807, 2.05) is 0 Å². The molecule has 0 N–H and O–H groups in total. The van der Waals surface area contributed by atoms with E-state index in [1.54, 1.807) is 0 Å². The molecule has 17 aromatic carbocycles.